The van der Waals surface area contributed by atoms with E-state index in [2.05, 4.69) is 5.73 Å². The number of nitrogens with zero attached hydrogens (tertiary/aromatic N) is 1. The van der Waals surface area contributed by atoms with Gasteiger partial charge in [0.2, 0.25) is 12.3 Å². The highest BCUT2D eigenvalue weighted by Gasteiger charge is 2.39. The number of likely N-dealkylation sites (tertiary alicyclic amines) is 1. The topological polar surface area (TPSA) is 119 Å². The average Bonchev–Trinajstić information content (AvgIpc) is 3.20. The summed E-state index contributed by atoms with van der Waals surface area (Å²) in [4.78, 5) is 34.1. The minimum Gasteiger partial charge on any atom is -0.480 e. The van der Waals surface area contributed by atoms with Crippen LogP contribution in [0.3, 0.4) is 0 Å². The summed E-state index contributed by atoms with van der Waals surface area (Å²) < 4.78 is 48.5. The van der Waals surface area contributed by atoms with Gasteiger partial charge in [-0.1, -0.05) is 12.1 Å². The summed E-state index contributed by atoms with van der Waals surface area (Å²) in [7, 11) is 1.54. The Hall–Kier alpha value is -3.60. The third-order valence-corrected chi connectivity index (χ3v) is 5.09. The summed E-state index contributed by atoms with van der Waals surface area (Å²) in [6, 6.07) is 10.0. The predicted molar refractivity (Wildman–Crippen MR) is 115 cm³/mol. The summed E-state index contributed by atoms with van der Waals surface area (Å²) in [5, 5.41) is 9.41. The van der Waals surface area contributed by atoms with Gasteiger partial charge in [0.05, 0.1) is 18.6 Å². The molecule has 0 saturated carbocycles. The average molecular weight is 482 g/mol. The molecule has 1 fully saturated rings. The Kier molecular flexibility index (Phi) is 9.43. The first-order valence-corrected chi connectivity index (χ1v) is 10.2. The molecule has 11 heteroatoms. The standard InChI is InChI=1S/C22H22F3NO5.CH3NO/c1-30-13-15-10-19(21(28)29)26(12-15)20(27)11-14-2-6-17(7-3-14)31-18-8-4-16(5-9-18)22(23,24)25;2-1-3/h2-9,15,19H,10-13H2,1H3,(H,28,29);1H,(H2,2,3). The van der Waals surface area contributed by atoms with E-state index in [0.717, 1.165) is 12.1 Å². The van der Waals surface area contributed by atoms with E-state index < -0.39 is 23.8 Å². The molecule has 2 aromatic rings. The van der Waals surface area contributed by atoms with Gasteiger partial charge in [0.25, 0.3) is 0 Å². The molecule has 2 aromatic carbocycles. The summed E-state index contributed by atoms with van der Waals surface area (Å²) in [5.74, 6) is -0.688. The van der Waals surface area contributed by atoms with E-state index in [9.17, 15) is 27.9 Å². The number of benzene rings is 2. The zero-order chi connectivity index (χ0) is 25.3. The second-order valence-electron chi connectivity index (χ2n) is 7.54. The molecule has 34 heavy (non-hydrogen) atoms. The first-order valence-electron chi connectivity index (χ1n) is 10.2. The number of carboxylic acid groups (broad SMARTS) is 1. The number of hydrogen-bond acceptors (Lipinski definition) is 5. The number of carbonyl (C=O) groups excluding carboxylic acids is 2. The van der Waals surface area contributed by atoms with E-state index in [-0.39, 0.29) is 30.4 Å². The number of methoxy groups -OCH3 is 1. The van der Waals surface area contributed by atoms with Gasteiger partial charge in [0, 0.05) is 19.6 Å². The van der Waals surface area contributed by atoms with Crippen molar-refractivity contribution >= 4 is 18.3 Å². The molecule has 3 rings (SSSR count). The van der Waals surface area contributed by atoms with Gasteiger partial charge in [-0.25, -0.2) is 4.79 Å². The second-order valence-corrected chi connectivity index (χ2v) is 7.54. The molecule has 2 amide bonds. The number of hydrogen-bond donors (Lipinski definition) is 2. The molecule has 2 unspecified atom stereocenters. The Balaban J connectivity index is 0.00000129. The molecule has 0 spiro atoms. The first-order chi connectivity index (χ1) is 16.1. The Morgan fingerprint density at radius 1 is 1.12 bits per heavy atom. The largest absolute Gasteiger partial charge is 0.480 e. The Morgan fingerprint density at radius 2 is 1.65 bits per heavy atom. The third-order valence-electron chi connectivity index (χ3n) is 5.09. The molecule has 3 N–H and O–H groups in total. The highest BCUT2D eigenvalue weighted by atomic mass is 19.4. The van der Waals surface area contributed by atoms with Crippen molar-refractivity contribution in [3.05, 3.63) is 59.7 Å². The lowest BCUT2D eigenvalue weighted by molar-refractivity contribution is -0.148. The van der Waals surface area contributed by atoms with Gasteiger partial charge in [0.1, 0.15) is 17.5 Å². The summed E-state index contributed by atoms with van der Waals surface area (Å²) >= 11 is 0. The molecule has 2 atom stereocenters. The van der Waals surface area contributed by atoms with E-state index in [1.54, 1.807) is 24.3 Å². The number of aliphatic carboxylic acids is 1. The van der Waals surface area contributed by atoms with E-state index in [4.69, 9.17) is 14.3 Å². The number of nitrogens with two attached hydrogens (primary N) is 1. The molecular weight excluding hydrogens is 457 g/mol. The molecule has 184 valence electrons. The van der Waals surface area contributed by atoms with Crippen LogP contribution in [0.4, 0.5) is 13.2 Å². The van der Waals surface area contributed by atoms with Gasteiger partial charge in [-0.05, 0) is 48.4 Å². The van der Waals surface area contributed by atoms with Crippen LogP contribution < -0.4 is 10.5 Å². The van der Waals surface area contributed by atoms with Crippen LogP contribution in [0.2, 0.25) is 0 Å². The SMILES string of the molecule is COCC1CC(C(=O)O)N(C(=O)Cc2ccc(Oc3ccc(C(F)(F)F)cc3)cc2)C1.NC=O. The molecule has 1 aliphatic rings. The van der Waals surface area contributed by atoms with Gasteiger partial charge in [-0.2, -0.15) is 13.2 Å². The van der Waals surface area contributed by atoms with E-state index in [1.165, 1.54) is 24.1 Å². The Bertz CT molecular complexity index is 964. The monoisotopic (exact) mass is 482 g/mol. The lowest BCUT2D eigenvalue weighted by atomic mass is 10.1. The summed E-state index contributed by atoms with van der Waals surface area (Å²) in [5.41, 5.74) is 4.08. The van der Waals surface area contributed by atoms with Crippen molar-refractivity contribution in [2.45, 2.75) is 25.1 Å². The fourth-order valence-electron chi connectivity index (χ4n) is 3.59. The number of carbonyl (C=O) groups is 3. The number of rotatable bonds is 7. The van der Waals surface area contributed by atoms with Gasteiger partial charge in [-0.3, -0.25) is 9.59 Å². The molecular formula is C23H25F3N2O6. The van der Waals surface area contributed by atoms with Crippen LogP contribution >= 0.6 is 0 Å². The normalized spacial score (nSPS) is 17.5. The molecule has 0 bridgehead atoms. The van der Waals surface area contributed by atoms with Crippen LogP contribution in [-0.4, -0.2) is 54.6 Å². The van der Waals surface area contributed by atoms with Crippen molar-refractivity contribution in [2.24, 2.45) is 11.7 Å². The van der Waals surface area contributed by atoms with Crippen LogP contribution in [0, 0.1) is 5.92 Å². The third kappa shape index (κ3) is 7.48. The maximum absolute atomic E-state index is 12.7. The molecule has 1 aliphatic heterocycles. The van der Waals surface area contributed by atoms with E-state index in [1.807, 2.05) is 0 Å². The van der Waals surface area contributed by atoms with Crippen LogP contribution in [0.1, 0.15) is 17.5 Å². The number of amides is 2. The number of primary amides is 1. The maximum Gasteiger partial charge on any atom is 0.416 e. The molecule has 0 aromatic heterocycles. The van der Waals surface area contributed by atoms with Crippen molar-refractivity contribution in [3.63, 3.8) is 0 Å². The van der Waals surface area contributed by atoms with Crippen LogP contribution in [0.25, 0.3) is 0 Å². The number of carboxylic acids is 1. The lowest BCUT2D eigenvalue weighted by Gasteiger charge is -2.21. The number of ether oxygens (including phenoxy) is 2. The summed E-state index contributed by atoms with van der Waals surface area (Å²) in [6.45, 7) is 0.725. The quantitative estimate of drug-likeness (QED) is 0.586. The zero-order valence-corrected chi connectivity index (χ0v) is 18.3. The Labute approximate surface area is 194 Å². The van der Waals surface area contributed by atoms with Crippen molar-refractivity contribution in [1.29, 1.82) is 0 Å². The maximum atomic E-state index is 12.7. The molecule has 8 nitrogen and oxygen atoms in total. The van der Waals surface area contributed by atoms with Crippen molar-refractivity contribution in [1.82, 2.24) is 4.90 Å². The van der Waals surface area contributed by atoms with E-state index in [0.29, 0.717) is 30.9 Å². The smallest absolute Gasteiger partial charge is 0.416 e. The Morgan fingerprint density at radius 3 is 2.12 bits per heavy atom. The highest BCUT2D eigenvalue weighted by molar-refractivity contribution is 5.85. The molecule has 0 radical (unpaired) electrons. The fraction of sp³-hybridized carbons (Fsp3) is 0.348. The minimum atomic E-state index is -4.41. The molecule has 1 saturated heterocycles. The van der Waals surface area contributed by atoms with Gasteiger partial charge in [0.15, 0.2) is 0 Å². The predicted octanol–water partition coefficient (Wildman–Crippen LogP) is 3.09. The van der Waals surface area contributed by atoms with E-state index >= 15 is 0 Å². The van der Waals surface area contributed by atoms with Gasteiger partial charge in [-0.15, -0.1) is 0 Å². The lowest BCUT2D eigenvalue weighted by Crippen LogP contribution is -2.41. The second kappa shape index (κ2) is 12.0. The van der Waals surface area contributed by atoms with Crippen LogP contribution in [0.15, 0.2) is 48.5 Å². The zero-order valence-electron chi connectivity index (χ0n) is 18.3. The van der Waals surface area contributed by atoms with Gasteiger partial charge >= 0.3 is 12.1 Å². The summed E-state index contributed by atoms with van der Waals surface area (Å²) in [6.07, 6.45) is -3.77. The number of alkyl halides is 3. The van der Waals surface area contributed by atoms with Gasteiger partial charge < -0.3 is 25.2 Å². The van der Waals surface area contributed by atoms with Crippen molar-refractivity contribution < 1.29 is 42.1 Å². The van der Waals surface area contributed by atoms with Crippen molar-refractivity contribution in [3.8, 4) is 11.5 Å². The molecule has 0 aliphatic carbocycles. The highest BCUT2D eigenvalue weighted by Crippen LogP contribution is 2.31. The number of halogens is 3. The molecule has 1 heterocycles. The minimum absolute atomic E-state index is 0.0189. The fourth-order valence-corrected chi connectivity index (χ4v) is 3.59. The van der Waals surface area contributed by atoms with Crippen molar-refractivity contribution in [2.75, 3.05) is 20.3 Å². The first kappa shape index (κ1) is 26.7. The van der Waals surface area contributed by atoms with Crippen LogP contribution in [-0.2, 0) is 31.7 Å². The van der Waals surface area contributed by atoms with Crippen LogP contribution in [0.5, 0.6) is 11.5 Å².